The Labute approximate surface area is 122 Å². The van der Waals surface area contributed by atoms with Crippen LogP contribution in [-0.4, -0.2) is 29.9 Å². The Morgan fingerprint density at radius 1 is 1.35 bits per heavy atom. The van der Waals surface area contributed by atoms with Gasteiger partial charge in [-0.25, -0.2) is 0 Å². The maximum Gasteiger partial charge on any atom is 0.241 e. The van der Waals surface area contributed by atoms with Gasteiger partial charge in [0.1, 0.15) is 0 Å². The number of amides is 1. The third-order valence-corrected chi connectivity index (χ3v) is 3.89. The summed E-state index contributed by atoms with van der Waals surface area (Å²) in [5, 5.41) is 2.98. The number of carbonyl (C=O) groups is 1. The van der Waals surface area contributed by atoms with Gasteiger partial charge in [-0.15, -0.1) is 0 Å². The van der Waals surface area contributed by atoms with Crippen molar-refractivity contribution in [3.8, 4) is 0 Å². The number of nitrogens with one attached hydrogen (secondary N) is 1. The summed E-state index contributed by atoms with van der Waals surface area (Å²) in [4.78, 5) is 14.5. The van der Waals surface area contributed by atoms with Crippen molar-refractivity contribution < 1.29 is 4.79 Å². The van der Waals surface area contributed by atoms with Gasteiger partial charge in [-0.1, -0.05) is 31.5 Å². The van der Waals surface area contributed by atoms with Crippen molar-refractivity contribution in [1.82, 2.24) is 4.90 Å². The SMILES string of the molecule is CCCC(C)N(C)C(C)C(=O)Nc1ccccc1CN. The van der Waals surface area contributed by atoms with Gasteiger partial charge in [-0.2, -0.15) is 0 Å². The Balaban J connectivity index is 2.70. The van der Waals surface area contributed by atoms with Gasteiger partial charge in [0.2, 0.25) is 5.91 Å². The summed E-state index contributed by atoms with van der Waals surface area (Å²) in [7, 11) is 2.00. The Morgan fingerprint density at radius 2 is 2.00 bits per heavy atom. The number of carbonyl (C=O) groups excluding carboxylic acids is 1. The molecule has 1 rings (SSSR count). The smallest absolute Gasteiger partial charge is 0.241 e. The van der Waals surface area contributed by atoms with Crippen molar-refractivity contribution >= 4 is 11.6 Å². The van der Waals surface area contributed by atoms with Crippen LogP contribution in [0.4, 0.5) is 5.69 Å². The summed E-state index contributed by atoms with van der Waals surface area (Å²) >= 11 is 0. The van der Waals surface area contributed by atoms with Crippen molar-refractivity contribution in [3.05, 3.63) is 29.8 Å². The molecule has 1 amide bonds. The number of anilines is 1. The first-order valence-electron chi connectivity index (χ1n) is 7.32. The van der Waals surface area contributed by atoms with E-state index in [9.17, 15) is 4.79 Å². The molecule has 1 aromatic rings. The van der Waals surface area contributed by atoms with E-state index >= 15 is 0 Å². The predicted molar refractivity (Wildman–Crippen MR) is 84.6 cm³/mol. The Hall–Kier alpha value is -1.39. The molecule has 0 spiro atoms. The fraction of sp³-hybridized carbons (Fsp3) is 0.562. The largest absolute Gasteiger partial charge is 0.326 e. The van der Waals surface area contributed by atoms with Crippen molar-refractivity contribution in [2.75, 3.05) is 12.4 Å². The van der Waals surface area contributed by atoms with Crippen molar-refractivity contribution in [3.63, 3.8) is 0 Å². The summed E-state index contributed by atoms with van der Waals surface area (Å²) in [5.41, 5.74) is 7.45. The molecule has 0 aliphatic heterocycles. The lowest BCUT2D eigenvalue weighted by molar-refractivity contribution is -0.121. The van der Waals surface area contributed by atoms with Gasteiger partial charge in [0, 0.05) is 18.3 Å². The second-order valence-corrected chi connectivity index (χ2v) is 5.33. The summed E-state index contributed by atoms with van der Waals surface area (Å²) in [6.07, 6.45) is 2.21. The van der Waals surface area contributed by atoms with Crippen LogP contribution in [0.25, 0.3) is 0 Å². The molecular formula is C16H27N3O. The maximum atomic E-state index is 12.3. The van der Waals surface area contributed by atoms with E-state index < -0.39 is 0 Å². The monoisotopic (exact) mass is 277 g/mol. The van der Waals surface area contributed by atoms with Gasteiger partial charge in [0.25, 0.3) is 0 Å². The minimum atomic E-state index is -0.164. The molecule has 4 heteroatoms. The molecule has 2 atom stereocenters. The van der Waals surface area contributed by atoms with E-state index in [1.807, 2.05) is 38.2 Å². The molecule has 0 bridgehead atoms. The third-order valence-electron chi connectivity index (χ3n) is 3.89. The number of rotatable bonds is 7. The number of hydrogen-bond acceptors (Lipinski definition) is 3. The number of likely N-dealkylation sites (N-methyl/N-ethyl adjacent to an activating group) is 1. The summed E-state index contributed by atoms with van der Waals surface area (Å²) < 4.78 is 0. The van der Waals surface area contributed by atoms with Crippen molar-refractivity contribution in [2.24, 2.45) is 5.73 Å². The molecule has 0 saturated carbocycles. The molecule has 0 heterocycles. The van der Waals surface area contributed by atoms with Gasteiger partial charge in [-0.3, -0.25) is 9.69 Å². The molecular weight excluding hydrogens is 250 g/mol. The second kappa shape index (κ2) is 8.02. The van der Waals surface area contributed by atoms with Crippen LogP contribution in [0.3, 0.4) is 0 Å². The van der Waals surface area contributed by atoms with E-state index in [2.05, 4.69) is 24.1 Å². The van der Waals surface area contributed by atoms with Crippen LogP contribution in [0.5, 0.6) is 0 Å². The van der Waals surface area contributed by atoms with Crippen LogP contribution in [-0.2, 0) is 11.3 Å². The van der Waals surface area contributed by atoms with Gasteiger partial charge >= 0.3 is 0 Å². The van der Waals surface area contributed by atoms with Crippen LogP contribution >= 0.6 is 0 Å². The molecule has 112 valence electrons. The number of para-hydroxylation sites is 1. The molecule has 3 N–H and O–H groups in total. The number of nitrogens with zero attached hydrogens (tertiary/aromatic N) is 1. The predicted octanol–water partition coefficient (Wildman–Crippen LogP) is 2.59. The molecule has 0 radical (unpaired) electrons. The molecule has 2 unspecified atom stereocenters. The number of hydrogen-bond donors (Lipinski definition) is 2. The highest BCUT2D eigenvalue weighted by Gasteiger charge is 2.22. The van der Waals surface area contributed by atoms with Crippen LogP contribution < -0.4 is 11.1 Å². The average Bonchev–Trinajstić information content (AvgIpc) is 2.46. The zero-order valence-electron chi connectivity index (χ0n) is 13.0. The standard InChI is InChI=1S/C16H27N3O/c1-5-8-12(2)19(4)13(3)16(20)18-15-10-7-6-9-14(15)11-17/h6-7,9-10,12-13H,5,8,11,17H2,1-4H3,(H,18,20). The topological polar surface area (TPSA) is 58.4 Å². The van der Waals surface area contributed by atoms with Crippen LogP contribution in [0, 0.1) is 0 Å². The fourth-order valence-electron chi connectivity index (χ4n) is 2.25. The lowest BCUT2D eigenvalue weighted by Crippen LogP contribution is -2.44. The first kappa shape index (κ1) is 16.7. The van der Waals surface area contributed by atoms with E-state index in [-0.39, 0.29) is 11.9 Å². The summed E-state index contributed by atoms with van der Waals surface area (Å²) in [6, 6.07) is 7.89. The van der Waals surface area contributed by atoms with E-state index in [1.54, 1.807) is 0 Å². The molecule has 0 saturated heterocycles. The highest BCUT2D eigenvalue weighted by atomic mass is 16.2. The van der Waals surface area contributed by atoms with Gasteiger partial charge in [0.15, 0.2) is 0 Å². The Morgan fingerprint density at radius 3 is 2.60 bits per heavy atom. The Kier molecular flexibility index (Phi) is 6.68. The van der Waals surface area contributed by atoms with Crippen molar-refractivity contribution in [2.45, 2.75) is 52.2 Å². The van der Waals surface area contributed by atoms with E-state index in [1.165, 1.54) is 0 Å². The van der Waals surface area contributed by atoms with E-state index in [0.717, 1.165) is 24.1 Å². The molecule has 20 heavy (non-hydrogen) atoms. The Bertz CT molecular complexity index is 433. The quantitative estimate of drug-likeness (QED) is 0.805. The van der Waals surface area contributed by atoms with E-state index in [4.69, 9.17) is 5.73 Å². The zero-order chi connectivity index (χ0) is 15.1. The molecule has 0 aliphatic carbocycles. The summed E-state index contributed by atoms with van der Waals surface area (Å²) in [6.45, 7) is 6.67. The second-order valence-electron chi connectivity index (χ2n) is 5.33. The fourth-order valence-corrected chi connectivity index (χ4v) is 2.25. The molecule has 1 aromatic carbocycles. The lowest BCUT2D eigenvalue weighted by atomic mass is 10.1. The zero-order valence-corrected chi connectivity index (χ0v) is 13.0. The van der Waals surface area contributed by atoms with Crippen LogP contribution in [0.2, 0.25) is 0 Å². The minimum absolute atomic E-state index is 0.0105. The average molecular weight is 277 g/mol. The van der Waals surface area contributed by atoms with Crippen LogP contribution in [0.15, 0.2) is 24.3 Å². The first-order chi connectivity index (χ1) is 9.51. The van der Waals surface area contributed by atoms with Crippen molar-refractivity contribution in [1.29, 1.82) is 0 Å². The first-order valence-corrected chi connectivity index (χ1v) is 7.32. The summed E-state index contributed by atoms with van der Waals surface area (Å²) in [5.74, 6) is 0.0105. The number of benzene rings is 1. The van der Waals surface area contributed by atoms with Gasteiger partial charge in [0.05, 0.1) is 6.04 Å². The normalized spacial score (nSPS) is 14.1. The minimum Gasteiger partial charge on any atom is -0.326 e. The highest BCUT2D eigenvalue weighted by Crippen LogP contribution is 2.16. The van der Waals surface area contributed by atoms with Gasteiger partial charge < -0.3 is 11.1 Å². The third kappa shape index (κ3) is 4.32. The van der Waals surface area contributed by atoms with Crippen LogP contribution in [0.1, 0.15) is 39.2 Å². The van der Waals surface area contributed by atoms with Gasteiger partial charge in [-0.05, 0) is 38.9 Å². The highest BCUT2D eigenvalue weighted by molar-refractivity contribution is 5.95. The molecule has 0 fully saturated rings. The number of nitrogens with two attached hydrogens (primary N) is 1. The molecule has 4 nitrogen and oxygen atoms in total. The lowest BCUT2D eigenvalue weighted by Gasteiger charge is -2.30. The maximum absolute atomic E-state index is 12.3. The van der Waals surface area contributed by atoms with E-state index in [0.29, 0.717) is 12.6 Å². The molecule has 0 aromatic heterocycles. The molecule has 0 aliphatic rings.